The third kappa shape index (κ3) is 6.65. The van der Waals surface area contributed by atoms with Gasteiger partial charge < -0.3 is 4.43 Å². The molecule has 0 rings (SSSR count). The number of rotatable bonds is 7. The average molecular weight is 386 g/mol. The minimum Gasteiger partial charge on any atom is -0.415 e. The fourth-order valence-electron chi connectivity index (χ4n) is 1.55. The highest BCUT2D eigenvalue weighted by atomic mass is 35.5. The number of alkyl halides is 1. The van der Waals surface area contributed by atoms with Crippen molar-refractivity contribution in [2.24, 2.45) is 5.92 Å². The summed E-state index contributed by atoms with van der Waals surface area (Å²) in [5.41, 5.74) is 0. The highest BCUT2D eigenvalue weighted by molar-refractivity contribution is 7.90. The first kappa shape index (κ1) is 23.4. The molecule has 0 amide bonds. The van der Waals surface area contributed by atoms with Gasteiger partial charge in [-0.05, 0) is 44.8 Å². The Balaban J connectivity index is 5.29. The van der Waals surface area contributed by atoms with Crippen molar-refractivity contribution in [3.8, 4) is 0 Å². The Morgan fingerprint density at radius 1 is 1.09 bits per heavy atom. The molecular formula is C16H36ClNO3SSi. The molecule has 0 heterocycles. The molecule has 0 aromatic rings. The lowest BCUT2D eigenvalue weighted by atomic mass is 10.0. The van der Waals surface area contributed by atoms with Gasteiger partial charge in [0, 0.05) is 0 Å². The van der Waals surface area contributed by atoms with E-state index in [4.69, 9.17) is 16.0 Å². The molecule has 23 heavy (non-hydrogen) atoms. The smallest absolute Gasteiger partial charge is 0.216 e. The first-order valence-electron chi connectivity index (χ1n) is 8.22. The third-order valence-corrected chi connectivity index (χ3v) is 12.1. The largest absolute Gasteiger partial charge is 0.415 e. The van der Waals surface area contributed by atoms with Crippen LogP contribution in [0.15, 0.2) is 0 Å². The van der Waals surface area contributed by atoms with Crippen LogP contribution in [0.1, 0.15) is 55.4 Å². The van der Waals surface area contributed by atoms with Gasteiger partial charge in [0.15, 0.2) is 8.32 Å². The van der Waals surface area contributed by atoms with E-state index in [1.807, 2.05) is 13.8 Å². The zero-order valence-corrected chi connectivity index (χ0v) is 19.0. The van der Waals surface area contributed by atoms with E-state index >= 15 is 0 Å². The number of sulfonamides is 1. The van der Waals surface area contributed by atoms with Crippen molar-refractivity contribution in [2.75, 3.05) is 6.61 Å². The summed E-state index contributed by atoms with van der Waals surface area (Å²) in [6.45, 7) is 20.1. The van der Waals surface area contributed by atoms with Gasteiger partial charge in [-0.2, -0.15) is 0 Å². The number of hydrogen-bond donors (Lipinski definition) is 1. The Morgan fingerprint density at radius 3 is 1.83 bits per heavy atom. The first-order chi connectivity index (χ1) is 9.92. The molecule has 0 radical (unpaired) electrons. The Bertz CT molecular complexity index is 479. The van der Waals surface area contributed by atoms with Gasteiger partial charge in [-0.25, -0.2) is 13.1 Å². The quantitative estimate of drug-likeness (QED) is 0.523. The highest BCUT2D eigenvalue weighted by Gasteiger charge is 2.40. The van der Waals surface area contributed by atoms with Crippen LogP contribution in [0, 0.1) is 5.92 Å². The van der Waals surface area contributed by atoms with Gasteiger partial charge in [-0.1, -0.05) is 34.6 Å². The third-order valence-electron chi connectivity index (χ3n) is 4.56. The predicted molar refractivity (Wildman–Crippen MR) is 103 cm³/mol. The van der Waals surface area contributed by atoms with Crippen LogP contribution < -0.4 is 4.72 Å². The SMILES string of the molecule is CC(C)[C@@H](Cl)[C@H](CO[Si](C)(C)C(C)(C)C)NS(=O)(=O)C(C)(C)C. The standard InChI is InChI=1S/C16H36ClNO3SSi/c1-12(2)14(17)13(18-22(19,20)15(3,4)5)11-21-23(9,10)16(6,7)8/h12-14,18H,11H2,1-10H3/t13-,14+/m0/s1. The second kappa shape index (κ2) is 7.73. The molecular weight excluding hydrogens is 350 g/mol. The van der Waals surface area contributed by atoms with Crippen LogP contribution in [-0.2, 0) is 14.4 Å². The van der Waals surface area contributed by atoms with Crippen LogP contribution in [-0.4, -0.2) is 39.5 Å². The van der Waals surface area contributed by atoms with Crippen molar-refractivity contribution >= 4 is 29.9 Å². The van der Waals surface area contributed by atoms with Crippen molar-refractivity contribution in [1.82, 2.24) is 4.72 Å². The molecule has 140 valence electrons. The topological polar surface area (TPSA) is 55.4 Å². The molecule has 0 spiro atoms. The van der Waals surface area contributed by atoms with E-state index in [9.17, 15) is 8.42 Å². The summed E-state index contributed by atoms with van der Waals surface area (Å²) in [5.74, 6) is 0.146. The van der Waals surface area contributed by atoms with Crippen molar-refractivity contribution in [3.05, 3.63) is 0 Å². The van der Waals surface area contributed by atoms with E-state index in [1.54, 1.807) is 20.8 Å². The minimum absolute atomic E-state index is 0.0695. The number of hydrogen-bond acceptors (Lipinski definition) is 3. The highest BCUT2D eigenvalue weighted by Crippen LogP contribution is 2.37. The van der Waals surface area contributed by atoms with E-state index in [0.717, 1.165) is 0 Å². The second-order valence-corrected chi connectivity index (χ2v) is 16.9. The lowest BCUT2D eigenvalue weighted by Crippen LogP contribution is -2.53. The molecule has 0 saturated carbocycles. The fraction of sp³-hybridized carbons (Fsp3) is 1.00. The molecule has 0 saturated heterocycles. The van der Waals surface area contributed by atoms with Gasteiger partial charge in [-0.15, -0.1) is 11.6 Å². The van der Waals surface area contributed by atoms with E-state index in [-0.39, 0.29) is 16.3 Å². The van der Waals surface area contributed by atoms with Gasteiger partial charge in [0.05, 0.1) is 22.8 Å². The molecule has 2 atom stereocenters. The molecule has 0 aliphatic heterocycles. The molecule has 0 aliphatic carbocycles. The van der Waals surface area contributed by atoms with Crippen LogP contribution in [0.2, 0.25) is 18.1 Å². The Kier molecular flexibility index (Phi) is 7.85. The summed E-state index contributed by atoms with van der Waals surface area (Å²) < 4.78 is 33.1. The van der Waals surface area contributed by atoms with Crippen LogP contribution in [0.3, 0.4) is 0 Å². The van der Waals surface area contributed by atoms with Gasteiger partial charge in [0.2, 0.25) is 10.0 Å². The van der Waals surface area contributed by atoms with Gasteiger partial charge in [0.25, 0.3) is 0 Å². The zero-order valence-electron chi connectivity index (χ0n) is 16.5. The summed E-state index contributed by atoms with van der Waals surface area (Å²) in [6, 6.07) is -0.435. The van der Waals surface area contributed by atoms with Gasteiger partial charge >= 0.3 is 0 Å². The predicted octanol–water partition coefficient (Wildman–Crippen LogP) is 4.36. The normalized spacial score (nSPS) is 17.4. The molecule has 0 aromatic carbocycles. The minimum atomic E-state index is -3.48. The Morgan fingerprint density at radius 2 is 1.52 bits per heavy atom. The molecule has 0 aliphatic rings. The lowest BCUT2D eigenvalue weighted by Gasteiger charge is -2.38. The van der Waals surface area contributed by atoms with Crippen LogP contribution >= 0.6 is 11.6 Å². The van der Waals surface area contributed by atoms with Crippen molar-refractivity contribution in [2.45, 2.75) is 89.7 Å². The molecule has 0 fully saturated rings. The van der Waals surface area contributed by atoms with E-state index in [2.05, 4.69) is 38.6 Å². The fourth-order valence-corrected chi connectivity index (χ4v) is 3.75. The molecule has 0 aromatic heterocycles. The summed E-state index contributed by atoms with van der Waals surface area (Å²) in [4.78, 5) is 0. The maximum absolute atomic E-state index is 12.5. The van der Waals surface area contributed by atoms with E-state index in [0.29, 0.717) is 6.61 Å². The monoisotopic (exact) mass is 385 g/mol. The summed E-state index contributed by atoms with van der Waals surface area (Å²) in [5, 5.41) is -0.253. The molecule has 0 bridgehead atoms. The molecule has 7 heteroatoms. The summed E-state index contributed by atoms with van der Waals surface area (Å²) in [7, 11) is -5.44. The molecule has 4 nitrogen and oxygen atoms in total. The van der Waals surface area contributed by atoms with Crippen molar-refractivity contribution < 1.29 is 12.8 Å². The number of nitrogens with one attached hydrogen (secondary N) is 1. The Hall–Kier alpha value is 0.377. The summed E-state index contributed by atoms with van der Waals surface area (Å²) in [6.07, 6.45) is 0. The average Bonchev–Trinajstić information content (AvgIpc) is 2.30. The lowest BCUT2D eigenvalue weighted by molar-refractivity contribution is 0.241. The van der Waals surface area contributed by atoms with Crippen molar-refractivity contribution in [1.29, 1.82) is 0 Å². The zero-order chi connectivity index (χ0) is 18.9. The summed E-state index contributed by atoms with van der Waals surface area (Å²) >= 11 is 6.49. The maximum atomic E-state index is 12.5. The first-order valence-corrected chi connectivity index (χ1v) is 13.0. The van der Waals surface area contributed by atoms with Crippen LogP contribution in [0.5, 0.6) is 0 Å². The molecule has 0 unspecified atom stereocenters. The van der Waals surface area contributed by atoms with E-state index in [1.165, 1.54) is 0 Å². The van der Waals surface area contributed by atoms with Crippen LogP contribution in [0.4, 0.5) is 0 Å². The van der Waals surface area contributed by atoms with Gasteiger partial charge in [0.1, 0.15) is 0 Å². The second-order valence-electron chi connectivity index (χ2n) is 9.10. The maximum Gasteiger partial charge on any atom is 0.216 e. The Labute approximate surface area is 149 Å². The molecule has 1 N–H and O–H groups in total. The van der Waals surface area contributed by atoms with Crippen molar-refractivity contribution in [3.63, 3.8) is 0 Å². The van der Waals surface area contributed by atoms with Gasteiger partial charge in [-0.3, -0.25) is 0 Å². The number of halogens is 1. The van der Waals surface area contributed by atoms with Crippen LogP contribution in [0.25, 0.3) is 0 Å². The van der Waals surface area contributed by atoms with E-state index < -0.39 is 29.1 Å².